The Morgan fingerprint density at radius 1 is 1.19 bits per heavy atom. The molecule has 0 saturated carbocycles. The van der Waals surface area contributed by atoms with Crippen LogP contribution in [0.15, 0.2) is 53.5 Å². The molecule has 0 saturated heterocycles. The molecule has 1 amide bonds. The van der Waals surface area contributed by atoms with Crippen LogP contribution in [0.5, 0.6) is 5.75 Å². The van der Waals surface area contributed by atoms with Crippen molar-refractivity contribution in [2.45, 2.75) is 25.3 Å². The number of carbonyl (C=O) groups excluding carboxylic acids is 1. The lowest BCUT2D eigenvalue weighted by Gasteiger charge is -2.27. The number of fused-ring (bicyclic) bond motifs is 1. The molecule has 3 rings (SSSR count). The Hall–Kier alpha value is -3.06. The zero-order valence-electron chi connectivity index (χ0n) is 18.8. The molecule has 2 unspecified atom stereocenters. The Morgan fingerprint density at radius 3 is 2.61 bits per heavy atom. The summed E-state index contributed by atoms with van der Waals surface area (Å²) in [7, 11) is 5.79. The van der Waals surface area contributed by atoms with Gasteiger partial charge in [0.1, 0.15) is 5.75 Å². The summed E-state index contributed by atoms with van der Waals surface area (Å²) in [5, 5.41) is 9.71. The molecule has 31 heavy (non-hydrogen) atoms. The van der Waals surface area contributed by atoms with Gasteiger partial charge in [0.05, 0.1) is 19.7 Å². The SMILES string of the molecule is CCNC(=NCC(c1ccc(OC)cc1)N(C)C)NCC1CC(=O)Nc2ccccc21. The standard InChI is InChI=1S/C24H33N5O2/c1-5-25-24(26-15-18-14-23(30)28-21-9-7-6-8-20(18)21)27-16-22(29(2)3)17-10-12-19(31-4)13-11-17/h6-13,18,22H,5,14-16H2,1-4H3,(H,28,30)(H2,25,26,27). The number of amides is 1. The second-order valence-electron chi connectivity index (χ2n) is 7.89. The maximum Gasteiger partial charge on any atom is 0.225 e. The zero-order chi connectivity index (χ0) is 22.2. The highest BCUT2D eigenvalue weighted by Gasteiger charge is 2.24. The second-order valence-corrected chi connectivity index (χ2v) is 7.89. The predicted octanol–water partition coefficient (Wildman–Crippen LogP) is 2.98. The highest BCUT2D eigenvalue weighted by Crippen LogP contribution is 2.31. The number of benzene rings is 2. The van der Waals surface area contributed by atoms with Crippen molar-refractivity contribution in [3.05, 3.63) is 59.7 Å². The Kier molecular flexibility index (Phi) is 7.89. The number of hydrogen-bond donors (Lipinski definition) is 3. The molecule has 0 aromatic heterocycles. The first kappa shape index (κ1) is 22.6. The van der Waals surface area contributed by atoms with E-state index in [9.17, 15) is 4.79 Å². The summed E-state index contributed by atoms with van der Waals surface area (Å²) >= 11 is 0. The minimum Gasteiger partial charge on any atom is -0.497 e. The van der Waals surface area contributed by atoms with Crippen LogP contribution in [0.2, 0.25) is 0 Å². The van der Waals surface area contributed by atoms with Crippen molar-refractivity contribution in [1.82, 2.24) is 15.5 Å². The van der Waals surface area contributed by atoms with Crippen LogP contribution < -0.4 is 20.7 Å². The Balaban J connectivity index is 1.69. The van der Waals surface area contributed by atoms with Gasteiger partial charge in [0.2, 0.25) is 5.91 Å². The Bertz CT molecular complexity index is 895. The fourth-order valence-electron chi connectivity index (χ4n) is 3.82. The van der Waals surface area contributed by atoms with Crippen molar-refractivity contribution < 1.29 is 9.53 Å². The number of guanidine groups is 1. The van der Waals surface area contributed by atoms with E-state index in [1.807, 2.05) is 37.3 Å². The van der Waals surface area contributed by atoms with Gasteiger partial charge in [-0.15, -0.1) is 0 Å². The van der Waals surface area contributed by atoms with E-state index in [-0.39, 0.29) is 17.9 Å². The molecular weight excluding hydrogens is 390 g/mol. The van der Waals surface area contributed by atoms with Gasteiger partial charge >= 0.3 is 0 Å². The molecule has 2 atom stereocenters. The van der Waals surface area contributed by atoms with Gasteiger partial charge in [0, 0.05) is 31.1 Å². The number of nitrogens with one attached hydrogen (secondary N) is 3. The molecule has 1 aliphatic rings. The van der Waals surface area contributed by atoms with Crippen LogP contribution in [0.25, 0.3) is 0 Å². The molecule has 7 heteroatoms. The topological polar surface area (TPSA) is 78.0 Å². The van der Waals surface area contributed by atoms with Crippen LogP contribution in [-0.2, 0) is 4.79 Å². The third kappa shape index (κ3) is 5.98. The van der Waals surface area contributed by atoms with Gasteiger partial charge in [0.15, 0.2) is 5.96 Å². The molecule has 0 radical (unpaired) electrons. The number of anilines is 1. The first-order valence-electron chi connectivity index (χ1n) is 10.7. The van der Waals surface area contributed by atoms with E-state index in [1.165, 1.54) is 5.56 Å². The fourth-order valence-corrected chi connectivity index (χ4v) is 3.82. The normalized spacial score (nSPS) is 17.0. The minimum absolute atomic E-state index is 0.0552. The lowest BCUT2D eigenvalue weighted by atomic mass is 9.90. The van der Waals surface area contributed by atoms with Gasteiger partial charge in [0.25, 0.3) is 0 Å². The number of hydrogen-bond acceptors (Lipinski definition) is 4. The first-order chi connectivity index (χ1) is 15.0. The molecule has 0 spiro atoms. The van der Waals surface area contributed by atoms with Crippen LogP contribution in [0.4, 0.5) is 5.69 Å². The maximum absolute atomic E-state index is 12.1. The average Bonchev–Trinajstić information content (AvgIpc) is 2.77. The Labute approximate surface area is 184 Å². The average molecular weight is 424 g/mol. The molecular formula is C24H33N5O2. The summed E-state index contributed by atoms with van der Waals surface area (Å²) in [5.41, 5.74) is 3.25. The predicted molar refractivity (Wildman–Crippen MR) is 126 cm³/mol. The first-order valence-corrected chi connectivity index (χ1v) is 10.7. The van der Waals surface area contributed by atoms with Crippen molar-refractivity contribution in [2.75, 3.05) is 46.2 Å². The highest BCUT2D eigenvalue weighted by molar-refractivity contribution is 5.94. The van der Waals surface area contributed by atoms with Crippen LogP contribution in [0, 0.1) is 0 Å². The van der Waals surface area contributed by atoms with Gasteiger partial charge < -0.3 is 25.6 Å². The molecule has 7 nitrogen and oxygen atoms in total. The highest BCUT2D eigenvalue weighted by atomic mass is 16.5. The molecule has 2 aromatic carbocycles. The van der Waals surface area contributed by atoms with E-state index in [2.05, 4.69) is 53.1 Å². The number of rotatable bonds is 8. The zero-order valence-corrected chi connectivity index (χ0v) is 18.8. The van der Waals surface area contributed by atoms with Crippen molar-refractivity contribution in [1.29, 1.82) is 0 Å². The van der Waals surface area contributed by atoms with Crippen molar-refractivity contribution >= 4 is 17.6 Å². The number of nitrogens with zero attached hydrogens (tertiary/aromatic N) is 2. The van der Waals surface area contributed by atoms with Gasteiger partial charge in [-0.05, 0) is 50.3 Å². The number of methoxy groups -OCH3 is 1. The van der Waals surface area contributed by atoms with Gasteiger partial charge in [-0.25, -0.2) is 0 Å². The molecule has 2 aromatic rings. The summed E-state index contributed by atoms with van der Waals surface area (Å²) in [6.07, 6.45) is 0.468. The minimum atomic E-state index is 0.0552. The summed E-state index contributed by atoms with van der Waals surface area (Å²) in [6, 6.07) is 16.2. The number of likely N-dealkylation sites (N-methyl/N-ethyl adjacent to an activating group) is 1. The largest absolute Gasteiger partial charge is 0.497 e. The van der Waals surface area contributed by atoms with E-state index < -0.39 is 0 Å². The maximum atomic E-state index is 12.1. The lowest BCUT2D eigenvalue weighted by molar-refractivity contribution is -0.116. The van der Waals surface area contributed by atoms with E-state index in [0.29, 0.717) is 19.5 Å². The van der Waals surface area contributed by atoms with Crippen LogP contribution >= 0.6 is 0 Å². The lowest BCUT2D eigenvalue weighted by Crippen LogP contribution is -2.41. The van der Waals surface area contributed by atoms with Gasteiger partial charge in [-0.1, -0.05) is 30.3 Å². The van der Waals surface area contributed by atoms with Crippen LogP contribution in [-0.4, -0.2) is 57.6 Å². The van der Waals surface area contributed by atoms with Crippen LogP contribution in [0.3, 0.4) is 0 Å². The smallest absolute Gasteiger partial charge is 0.225 e. The van der Waals surface area contributed by atoms with Gasteiger partial charge in [-0.2, -0.15) is 0 Å². The molecule has 166 valence electrons. The number of carbonyl (C=O) groups is 1. The van der Waals surface area contributed by atoms with E-state index >= 15 is 0 Å². The van der Waals surface area contributed by atoms with Crippen LogP contribution in [0.1, 0.15) is 36.4 Å². The van der Waals surface area contributed by atoms with E-state index in [1.54, 1.807) is 7.11 Å². The van der Waals surface area contributed by atoms with Gasteiger partial charge in [-0.3, -0.25) is 9.79 Å². The number of aliphatic imine (C=N–C) groups is 1. The summed E-state index contributed by atoms with van der Waals surface area (Å²) < 4.78 is 5.27. The number of ether oxygens (including phenoxy) is 1. The monoisotopic (exact) mass is 423 g/mol. The molecule has 1 heterocycles. The second kappa shape index (κ2) is 10.8. The molecule has 0 bridgehead atoms. The van der Waals surface area contributed by atoms with Crippen molar-refractivity contribution in [2.24, 2.45) is 4.99 Å². The molecule has 3 N–H and O–H groups in total. The summed E-state index contributed by atoms with van der Waals surface area (Å²) in [6.45, 7) is 4.07. The third-order valence-corrected chi connectivity index (χ3v) is 5.51. The number of para-hydroxylation sites is 1. The molecule has 0 fully saturated rings. The summed E-state index contributed by atoms with van der Waals surface area (Å²) in [4.78, 5) is 19.1. The summed E-state index contributed by atoms with van der Waals surface area (Å²) in [5.74, 6) is 1.77. The quantitative estimate of drug-likeness (QED) is 0.449. The van der Waals surface area contributed by atoms with Crippen molar-refractivity contribution in [3.63, 3.8) is 0 Å². The Morgan fingerprint density at radius 2 is 1.94 bits per heavy atom. The van der Waals surface area contributed by atoms with E-state index in [0.717, 1.165) is 29.5 Å². The molecule has 1 aliphatic heterocycles. The third-order valence-electron chi connectivity index (χ3n) is 5.51. The fraction of sp³-hybridized carbons (Fsp3) is 0.417. The molecule has 0 aliphatic carbocycles. The van der Waals surface area contributed by atoms with E-state index in [4.69, 9.17) is 9.73 Å². The van der Waals surface area contributed by atoms with Crippen molar-refractivity contribution in [3.8, 4) is 5.75 Å².